The summed E-state index contributed by atoms with van der Waals surface area (Å²) in [6, 6.07) is 29.8. The van der Waals surface area contributed by atoms with Crippen molar-refractivity contribution < 1.29 is 4.74 Å². The first-order valence-electron chi connectivity index (χ1n) is 8.53. The number of methoxy groups -OCH3 is 1. The van der Waals surface area contributed by atoms with Crippen molar-refractivity contribution in [3.8, 4) is 11.1 Å². The van der Waals surface area contributed by atoms with E-state index in [2.05, 4.69) is 91.9 Å². The second kappa shape index (κ2) is 7.46. The first-order valence-corrected chi connectivity index (χ1v) is 8.53. The van der Waals surface area contributed by atoms with Crippen molar-refractivity contribution in [2.24, 2.45) is 0 Å². The minimum atomic E-state index is -0.299. The van der Waals surface area contributed by atoms with Crippen molar-refractivity contribution in [2.45, 2.75) is 25.4 Å². The van der Waals surface area contributed by atoms with Crippen molar-refractivity contribution in [2.75, 3.05) is 7.11 Å². The molecule has 1 unspecified atom stereocenters. The van der Waals surface area contributed by atoms with Crippen LogP contribution in [0.15, 0.2) is 84.9 Å². The highest BCUT2D eigenvalue weighted by atomic mass is 16.5. The second-order valence-electron chi connectivity index (χ2n) is 6.12. The van der Waals surface area contributed by atoms with Gasteiger partial charge in [-0.1, -0.05) is 91.9 Å². The lowest BCUT2D eigenvalue weighted by Gasteiger charge is -2.33. The smallest absolute Gasteiger partial charge is 0.0965 e. The predicted octanol–water partition coefficient (Wildman–Crippen LogP) is 5.85. The van der Waals surface area contributed by atoms with Crippen molar-refractivity contribution in [1.82, 2.24) is 0 Å². The molecule has 0 amide bonds. The lowest BCUT2D eigenvalue weighted by molar-refractivity contribution is -0.0181. The van der Waals surface area contributed by atoms with Crippen LogP contribution in [0.2, 0.25) is 0 Å². The van der Waals surface area contributed by atoms with Gasteiger partial charge in [-0.25, -0.2) is 0 Å². The molecule has 0 aliphatic heterocycles. The molecular formula is C23H24O. The van der Waals surface area contributed by atoms with Crippen LogP contribution in [-0.4, -0.2) is 7.11 Å². The van der Waals surface area contributed by atoms with E-state index in [1.165, 1.54) is 22.3 Å². The first-order chi connectivity index (χ1) is 11.8. The summed E-state index contributed by atoms with van der Waals surface area (Å²) in [5.41, 5.74) is 4.78. The molecular weight excluding hydrogens is 292 g/mol. The fourth-order valence-electron chi connectivity index (χ4n) is 3.39. The Balaban J connectivity index is 2.03. The summed E-state index contributed by atoms with van der Waals surface area (Å²) in [7, 11) is 1.82. The van der Waals surface area contributed by atoms with E-state index in [0.29, 0.717) is 0 Å². The molecule has 3 aromatic carbocycles. The molecule has 0 spiro atoms. The maximum atomic E-state index is 6.07. The van der Waals surface area contributed by atoms with Crippen LogP contribution in [-0.2, 0) is 16.8 Å². The zero-order chi connectivity index (χ0) is 16.8. The molecule has 1 nitrogen and oxygen atoms in total. The SMILES string of the molecule is CCC(Cc1ccccc1-c1ccccc1)(OC)c1ccccc1. The van der Waals surface area contributed by atoms with Gasteiger partial charge in [0.2, 0.25) is 0 Å². The molecule has 0 saturated heterocycles. The summed E-state index contributed by atoms with van der Waals surface area (Å²) >= 11 is 0. The molecule has 3 rings (SSSR count). The number of rotatable bonds is 6. The van der Waals surface area contributed by atoms with Gasteiger partial charge in [0.05, 0.1) is 5.60 Å². The van der Waals surface area contributed by atoms with Gasteiger partial charge in [0.15, 0.2) is 0 Å². The largest absolute Gasteiger partial charge is 0.373 e. The van der Waals surface area contributed by atoms with Gasteiger partial charge in [-0.3, -0.25) is 0 Å². The van der Waals surface area contributed by atoms with Gasteiger partial charge in [0, 0.05) is 13.5 Å². The normalized spacial score (nSPS) is 13.4. The summed E-state index contributed by atoms with van der Waals surface area (Å²) in [5.74, 6) is 0. The molecule has 0 aliphatic carbocycles. The van der Waals surface area contributed by atoms with E-state index in [1.807, 2.05) is 7.11 Å². The van der Waals surface area contributed by atoms with Gasteiger partial charge in [0.25, 0.3) is 0 Å². The highest BCUT2D eigenvalue weighted by Gasteiger charge is 2.31. The summed E-state index contributed by atoms with van der Waals surface area (Å²) in [4.78, 5) is 0. The highest BCUT2D eigenvalue weighted by Crippen LogP contribution is 2.36. The molecule has 0 fully saturated rings. The molecule has 0 N–H and O–H groups in total. The third kappa shape index (κ3) is 3.27. The molecule has 0 saturated carbocycles. The van der Waals surface area contributed by atoms with Crippen molar-refractivity contribution in [1.29, 1.82) is 0 Å². The molecule has 0 bridgehead atoms. The van der Waals surface area contributed by atoms with Crippen LogP contribution in [0.1, 0.15) is 24.5 Å². The van der Waals surface area contributed by atoms with Crippen LogP contribution < -0.4 is 0 Å². The summed E-state index contributed by atoms with van der Waals surface area (Å²) in [6.07, 6.45) is 1.78. The van der Waals surface area contributed by atoms with E-state index in [9.17, 15) is 0 Å². The average molecular weight is 316 g/mol. The minimum absolute atomic E-state index is 0.299. The number of hydrogen-bond acceptors (Lipinski definition) is 1. The highest BCUT2D eigenvalue weighted by molar-refractivity contribution is 5.67. The van der Waals surface area contributed by atoms with Crippen molar-refractivity contribution >= 4 is 0 Å². The minimum Gasteiger partial charge on any atom is -0.373 e. The summed E-state index contributed by atoms with van der Waals surface area (Å²) in [6.45, 7) is 2.20. The van der Waals surface area contributed by atoms with Gasteiger partial charge in [-0.05, 0) is 28.7 Å². The number of hydrogen-bond donors (Lipinski definition) is 0. The molecule has 0 aromatic heterocycles. The van der Waals surface area contributed by atoms with Crippen LogP contribution in [0.3, 0.4) is 0 Å². The molecule has 0 aliphatic rings. The van der Waals surface area contributed by atoms with E-state index >= 15 is 0 Å². The van der Waals surface area contributed by atoms with Crippen LogP contribution in [0.4, 0.5) is 0 Å². The Labute approximate surface area is 144 Å². The van der Waals surface area contributed by atoms with Gasteiger partial charge < -0.3 is 4.74 Å². The number of benzene rings is 3. The zero-order valence-electron chi connectivity index (χ0n) is 14.4. The van der Waals surface area contributed by atoms with Crippen LogP contribution in [0.25, 0.3) is 11.1 Å². The Morgan fingerprint density at radius 1 is 0.750 bits per heavy atom. The van der Waals surface area contributed by atoms with Crippen molar-refractivity contribution in [3.05, 3.63) is 96.1 Å². The average Bonchev–Trinajstić information content (AvgIpc) is 2.68. The van der Waals surface area contributed by atoms with Crippen LogP contribution in [0.5, 0.6) is 0 Å². The molecule has 0 radical (unpaired) electrons. The Morgan fingerprint density at radius 3 is 1.96 bits per heavy atom. The van der Waals surface area contributed by atoms with Gasteiger partial charge >= 0.3 is 0 Å². The molecule has 1 heteroatoms. The maximum Gasteiger partial charge on any atom is 0.0965 e. The second-order valence-corrected chi connectivity index (χ2v) is 6.12. The predicted molar refractivity (Wildman–Crippen MR) is 101 cm³/mol. The Hall–Kier alpha value is -2.38. The topological polar surface area (TPSA) is 9.23 Å². The standard InChI is InChI=1S/C23H24O/c1-3-23(24-2,21-15-8-5-9-16-21)18-20-14-10-11-17-22(20)19-12-6-4-7-13-19/h4-17H,3,18H2,1-2H3. The molecule has 24 heavy (non-hydrogen) atoms. The molecule has 3 aromatic rings. The van der Waals surface area contributed by atoms with E-state index in [0.717, 1.165) is 12.8 Å². The summed E-state index contributed by atoms with van der Waals surface area (Å²) < 4.78 is 6.07. The Kier molecular flexibility index (Phi) is 5.12. The third-order valence-electron chi connectivity index (χ3n) is 4.84. The van der Waals surface area contributed by atoms with E-state index < -0.39 is 0 Å². The first kappa shape index (κ1) is 16.5. The lowest BCUT2D eigenvalue weighted by atomic mass is 9.82. The van der Waals surface area contributed by atoms with Gasteiger partial charge in [-0.15, -0.1) is 0 Å². The molecule has 122 valence electrons. The third-order valence-corrected chi connectivity index (χ3v) is 4.84. The molecule has 1 atom stereocenters. The fraction of sp³-hybridized carbons (Fsp3) is 0.217. The van der Waals surface area contributed by atoms with Crippen LogP contribution in [0, 0.1) is 0 Å². The van der Waals surface area contributed by atoms with Crippen molar-refractivity contribution in [3.63, 3.8) is 0 Å². The monoisotopic (exact) mass is 316 g/mol. The summed E-state index contributed by atoms with van der Waals surface area (Å²) in [5, 5.41) is 0. The molecule has 0 heterocycles. The van der Waals surface area contributed by atoms with E-state index in [4.69, 9.17) is 4.74 Å². The maximum absolute atomic E-state index is 6.07. The fourth-order valence-corrected chi connectivity index (χ4v) is 3.39. The van der Waals surface area contributed by atoms with Crippen LogP contribution >= 0.6 is 0 Å². The van der Waals surface area contributed by atoms with E-state index in [-0.39, 0.29) is 5.60 Å². The van der Waals surface area contributed by atoms with Gasteiger partial charge in [-0.2, -0.15) is 0 Å². The quantitative estimate of drug-likeness (QED) is 0.554. The van der Waals surface area contributed by atoms with E-state index in [1.54, 1.807) is 0 Å². The Bertz CT molecular complexity index is 758. The zero-order valence-corrected chi connectivity index (χ0v) is 14.4. The van der Waals surface area contributed by atoms with Gasteiger partial charge in [0.1, 0.15) is 0 Å². The Morgan fingerprint density at radius 2 is 1.33 bits per heavy atom. The number of ether oxygens (including phenoxy) is 1. The lowest BCUT2D eigenvalue weighted by Crippen LogP contribution is -2.30.